The van der Waals surface area contributed by atoms with Crippen LogP contribution in [0.3, 0.4) is 0 Å². The average molecular weight is 410 g/mol. The van der Waals surface area contributed by atoms with Gasteiger partial charge in [-0.2, -0.15) is 0 Å². The van der Waals surface area contributed by atoms with Crippen molar-refractivity contribution in [2.75, 3.05) is 11.8 Å². The van der Waals surface area contributed by atoms with Crippen LogP contribution in [0.5, 0.6) is 5.88 Å². The summed E-state index contributed by atoms with van der Waals surface area (Å²) in [5, 5.41) is 8.10. The van der Waals surface area contributed by atoms with E-state index in [1.807, 2.05) is 0 Å². The Labute approximate surface area is 160 Å². The van der Waals surface area contributed by atoms with Gasteiger partial charge in [0.05, 0.1) is 22.8 Å². The molecule has 0 aliphatic heterocycles. The summed E-state index contributed by atoms with van der Waals surface area (Å²) in [6, 6.07) is 14.6. The number of nitrogens with one attached hydrogen (secondary N) is 1. The Balaban J connectivity index is 1.83. The Hall–Kier alpha value is -2.35. The Bertz CT molecular complexity index is 1020. The van der Waals surface area contributed by atoms with Crippen molar-refractivity contribution < 1.29 is 13.2 Å². The van der Waals surface area contributed by atoms with Crippen LogP contribution in [0.2, 0.25) is 10.0 Å². The van der Waals surface area contributed by atoms with E-state index in [0.717, 1.165) is 5.56 Å². The maximum atomic E-state index is 12.5. The van der Waals surface area contributed by atoms with Crippen LogP contribution in [0.4, 0.5) is 5.69 Å². The second kappa shape index (κ2) is 7.49. The fourth-order valence-corrected chi connectivity index (χ4v) is 4.01. The molecule has 6 nitrogen and oxygen atoms in total. The lowest BCUT2D eigenvalue weighted by molar-refractivity contribution is 0.392. The Morgan fingerprint density at radius 2 is 1.69 bits per heavy atom. The van der Waals surface area contributed by atoms with Crippen LogP contribution < -0.4 is 9.46 Å². The minimum Gasteiger partial charge on any atom is -0.480 e. The van der Waals surface area contributed by atoms with E-state index in [2.05, 4.69) is 14.9 Å². The number of ether oxygens (including phenoxy) is 1. The van der Waals surface area contributed by atoms with Crippen molar-refractivity contribution in [2.45, 2.75) is 4.90 Å². The van der Waals surface area contributed by atoms with E-state index < -0.39 is 10.0 Å². The quantitative estimate of drug-likeness (QED) is 0.680. The van der Waals surface area contributed by atoms with Gasteiger partial charge in [0.25, 0.3) is 10.0 Å². The highest BCUT2D eigenvalue weighted by molar-refractivity contribution is 7.92. The van der Waals surface area contributed by atoms with Crippen molar-refractivity contribution in [1.82, 2.24) is 10.2 Å². The number of methoxy groups -OCH3 is 1. The summed E-state index contributed by atoms with van der Waals surface area (Å²) in [4.78, 5) is -0.0863. The molecule has 0 fully saturated rings. The third-order valence-corrected chi connectivity index (χ3v) is 5.84. The molecule has 0 saturated carbocycles. The Morgan fingerprint density at radius 1 is 0.962 bits per heavy atom. The van der Waals surface area contributed by atoms with Crippen molar-refractivity contribution in [3.8, 4) is 17.1 Å². The van der Waals surface area contributed by atoms with Gasteiger partial charge >= 0.3 is 0 Å². The minimum atomic E-state index is -3.86. The number of anilines is 1. The first-order valence-electron chi connectivity index (χ1n) is 7.36. The fraction of sp³-hybridized carbons (Fsp3) is 0.0588. The van der Waals surface area contributed by atoms with Gasteiger partial charge in [-0.15, -0.1) is 10.2 Å². The summed E-state index contributed by atoms with van der Waals surface area (Å²) in [5.74, 6) is 0.413. The highest BCUT2D eigenvalue weighted by atomic mass is 35.5. The Kier molecular flexibility index (Phi) is 5.31. The number of sulfonamides is 1. The zero-order chi connectivity index (χ0) is 18.7. The maximum absolute atomic E-state index is 12.5. The molecule has 1 aromatic heterocycles. The molecule has 3 aromatic rings. The molecule has 0 saturated heterocycles. The molecular weight excluding hydrogens is 397 g/mol. The van der Waals surface area contributed by atoms with Crippen LogP contribution in [0, 0.1) is 0 Å². The van der Waals surface area contributed by atoms with Gasteiger partial charge in [0.1, 0.15) is 4.90 Å². The molecule has 0 radical (unpaired) electrons. The number of benzene rings is 2. The third-order valence-electron chi connectivity index (χ3n) is 3.49. The van der Waals surface area contributed by atoms with Crippen molar-refractivity contribution in [1.29, 1.82) is 0 Å². The lowest BCUT2D eigenvalue weighted by Gasteiger charge is -2.10. The van der Waals surface area contributed by atoms with Gasteiger partial charge < -0.3 is 4.74 Å². The summed E-state index contributed by atoms with van der Waals surface area (Å²) in [7, 11) is -2.35. The highest BCUT2D eigenvalue weighted by Gasteiger charge is 2.19. The highest BCUT2D eigenvalue weighted by Crippen LogP contribution is 2.30. The largest absolute Gasteiger partial charge is 0.480 e. The molecule has 0 amide bonds. The SMILES string of the molecule is COc1ccc(-c2ccc(NS(=O)(=O)c3cccc(Cl)c3Cl)cc2)nn1. The van der Waals surface area contributed by atoms with Gasteiger partial charge in [0.15, 0.2) is 0 Å². The number of aromatic nitrogens is 2. The molecule has 0 aliphatic carbocycles. The van der Waals surface area contributed by atoms with E-state index in [0.29, 0.717) is 17.3 Å². The van der Waals surface area contributed by atoms with Crippen LogP contribution in [-0.4, -0.2) is 25.7 Å². The van der Waals surface area contributed by atoms with Gasteiger partial charge in [-0.1, -0.05) is 41.4 Å². The first kappa shape index (κ1) is 18.4. The van der Waals surface area contributed by atoms with Crippen molar-refractivity contribution in [2.24, 2.45) is 0 Å². The molecule has 0 aliphatic rings. The van der Waals surface area contributed by atoms with Gasteiger partial charge in [-0.05, 0) is 30.3 Å². The Morgan fingerprint density at radius 3 is 2.31 bits per heavy atom. The lowest BCUT2D eigenvalue weighted by Crippen LogP contribution is -2.13. The van der Waals surface area contributed by atoms with Crippen LogP contribution in [0.1, 0.15) is 0 Å². The monoisotopic (exact) mass is 409 g/mol. The first-order valence-corrected chi connectivity index (χ1v) is 9.59. The summed E-state index contributed by atoms with van der Waals surface area (Å²) in [6.07, 6.45) is 0. The van der Waals surface area contributed by atoms with Crippen molar-refractivity contribution in [3.05, 3.63) is 64.6 Å². The molecule has 1 heterocycles. The number of hydrogen-bond acceptors (Lipinski definition) is 5. The normalized spacial score (nSPS) is 11.2. The molecule has 0 bridgehead atoms. The van der Waals surface area contributed by atoms with Crippen molar-refractivity contribution >= 4 is 38.9 Å². The minimum absolute atomic E-state index is 0.0215. The van der Waals surface area contributed by atoms with E-state index >= 15 is 0 Å². The average Bonchev–Trinajstić information content (AvgIpc) is 2.64. The van der Waals surface area contributed by atoms with E-state index in [9.17, 15) is 8.42 Å². The van der Waals surface area contributed by atoms with Crippen molar-refractivity contribution in [3.63, 3.8) is 0 Å². The molecule has 0 atom stereocenters. The van der Waals surface area contributed by atoms with Crippen LogP contribution in [0.25, 0.3) is 11.3 Å². The number of rotatable bonds is 5. The first-order chi connectivity index (χ1) is 12.4. The molecule has 0 unspecified atom stereocenters. The zero-order valence-electron chi connectivity index (χ0n) is 13.5. The standard InChI is InChI=1S/C17H13Cl2N3O3S/c1-25-16-10-9-14(20-21-16)11-5-7-12(8-6-11)22-26(23,24)15-4-2-3-13(18)17(15)19/h2-10,22H,1H3. The van der Waals surface area contributed by atoms with E-state index in [1.165, 1.54) is 25.3 Å². The van der Waals surface area contributed by atoms with Crippen LogP contribution in [0.15, 0.2) is 59.5 Å². The topological polar surface area (TPSA) is 81.2 Å². The smallest absolute Gasteiger partial charge is 0.263 e. The molecule has 26 heavy (non-hydrogen) atoms. The lowest BCUT2D eigenvalue weighted by atomic mass is 10.1. The van der Waals surface area contributed by atoms with E-state index in [4.69, 9.17) is 27.9 Å². The second-order valence-corrected chi connectivity index (χ2v) is 7.63. The van der Waals surface area contributed by atoms with Gasteiger partial charge in [-0.25, -0.2) is 8.42 Å². The fourth-order valence-electron chi connectivity index (χ4n) is 2.19. The molecular formula is C17H13Cl2N3O3S. The number of hydrogen-bond donors (Lipinski definition) is 1. The third kappa shape index (κ3) is 3.90. The predicted octanol–water partition coefficient (Wildman–Crippen LogP) is 4.26. The van der Waals surface area contributed by atoms with Gasteiger partial charge in [0.2, 0.25) is 5.88 Å². The zero-order valence-corrected chi connectivity index (χ0v) is 15.8. The molecule has 0 spiro atoms. The van der Waals surface area contributed by atoms with E-state index in [-0.39, 0.29) is 14.9 Å². The predicted molar refractivity (Wildman–Crippen MR) is 101 cm³/mol. The summed E-state index contributed by atoms with van der Waals surface area (Å²) in [5.41, 5.74) is 1.80. The summed E-state index contributed by atoms with van der Waals surface area (Å²) in [6.45, 7) is 0. The molecule has 9 heteroatoms. The molecule has 2 aromatic carbocycles. The second-order valence-electron chi connectivity index (χ2n) is 5.20. The summed E-state index contributed by atoms with van der Waals surface area (Å²) >= 11 is 11.9. The number of halogens is 2. The molecule has 3 rings (SSSR count). The maximum Gasteiger partial charge on any atom is 0.263 e. The van der Waals surface area contributed by atoms with Gasteiger partial charge in [-0.3, -0.25) is 4.72 Å². The van der Waals surface area contributed by atoms with Gasteiger partial charge in [0, 0.05) is 17.3 Å². The molecule has 134 valence electrons. The van der Waals surface area contributed by atoms with Crippen LogP contribution in [-0.2, 0) is 10.0 Å². The summed E-state index contributed by atoms with van der Waals surface area (Å²) < 4.78 is 32.5. The van der Waals surface area contributed by atoms with E-state index in [1.54, 1.807) is 36.4 Å². The van der Waals surface area contributed by atoms with Crippen LogP contribution >= 0.6 is 23.2 Å². The molecule has 1 N–H and O–H groups in total. The number of nitrogens with zero attached hydrogens (tertiary/aromatic N) is 2.